The van der Waals surface area contributed by atoms with E-state index < -0.39 is 5.60 Å². The lowest BCUT2D eigenvalue weighted by Gasteiger charge is -2.24. The molecule has 1 aliphatic heterocycles. The van der Waals surface area contributed by atoms with Crippen molar-refractivity contribution in [1.29, 1.82) is 0 Å². The van der Waals surface area contributed by atoms with Crippen LogP contribution in [-0.2, 0) is 0 Å². The number of hydrogen-bond donors (Lipinski definition) is 3. The van der Waals surface area contributed by atoms with Gasteiger partial charge in [-0.15, -0.1) is 0 Å². The summed E-state index contributed by atoms with van der Waals surface area (Å²) in [7, 11) is 3.83. The summed E-state index contributed by atoms with van der Waals surface area (Å²) in [6, 6.07) is 3.47. The molecule has 2 aromatic heterocycles. The highest BCUT2D eigenvalue weighted by Gasteiger charge is 2.37. The largest absolute Gasteiger partial charge is 0.386 e. The first-order chi connectivity index (χ1) is 11.5. The summed E-state index contributed by atoms with van der Waals surface area (Å²) < 4.78 is 0. The molecule has 9 nitrogen and oxygen atoms in total. The van der Waals surface area contributed by atoms with Gasteiger partial charge in [-0.05, 0) is 12.5 Å². The number of aromatic amines is 1. The highest BCUT2D eigenvalue weighted by molar-refractivity contribution is 5.92. The number of H-pyrrole nitrogens is 1. The van der Waals surface area contributed by atoms with Crippen LogP contribution in [0.2, 0.25) is 0 Å². The molecule has 1 atom stereocenters. The molecule has 1 saturated heterocycles. The predicted octanol–water partition coefficient (Wildman–Crippen LogP) is -0.363. The topological polar surface area (TPSA) is 110 Å². The Morgan fingerprint density at radius 3 is 3.04 bits per heavy atom. The van der Waals surface area contributed by atoms with E-state index in [9.17, 15) is 9.90 Å². The van der Waals surface area contributed by atoms with Crippen molar-refractivity contribution in [1.82, 2.24) is 25.5 Å². The van der Waals surface area contributed by atoms with Crippen molar-refractivity contribution in [3.05, 3.63) is 30.4 Å². The Bertz CT molecular complexity index is 704. The molecule has 3 rings (SSSR count). The lowest BCUT2D eigenvalue weighted by atomic mass is 10.0. The number of carbonyl (C=O) groups excluding carboxylic acids is 1. The fourth-order valence-corrected chi connectivity index (χ4v) is 2.67. The Labute approximate surface area is 139 Å². The Kier molecular flexibility index (Phi) is 4.34. The van der Waals surface area contributed by atoms with E-state index >= 15 is 0 Å². The number of amides is 1. The van der Waals surface area contributed by atoms with Gasteiger partial charge in [0.05, 0.1) is 0 Å². The number of rotatable bonds is 5. The summed E-state index contributed by atoms with van der Waals surface area (Å²) in [5.41, 5.74) is -0.612. The summed E-state index contributed by atoms with van der Waals surface area (Å²) in [4.78, 5) is 24.3. The monoisotopic (exact) mass is 331 g/mol. The molecule has 2 aromatic rings. The molecule has 3 heterocycles. The smallest absolute Gasteiger partial charge is 0.269 e. The number of nitrogens with one attached hydrogen (secondary N) is 2. The van der Waals surface area contributed by atoms with Gasteiger partial charge in [0.25, 0.3) is 5.91 Å². The van der Waals surface area contributed by atoms with E-state index in [4.69, 9.17) is 0 Å². The second kappa shape index (κ2) is 6.44. The first-order valence-electron chi connectivity index (χ1n) is 7.71. The fourth-order valence-electron chi connectivity index (χ4n) is 2.67. The summed E-state index contributed by atoms with van der Waals surface area (Å²) in [5.74, 6) is 1.30. The highest BCUT2D eigenvalue weighted by atomic mass is 16.3. The molecule has 0 aromatic carbocycles. The Hall–Kier alpha value is -2.68. The predicted molar refractivity (Wildman–Crippen MR) is 89.1 cm³/mol. The van der Waals surface area contributed by atoms with E-state index in [2.05, 4.69) is 25.5 Å². The van der Waals surface area contributed by atoms with E-state index in [0.717, 1.165) is 11.6 Å². The van der Waals surface area contributed by atoms with E-state index in [0.29, 0.717) is 25.2 Å². The third-order valence-corrected chi connectivity index (χ3v) is 4.08. The number of β-amino-alcohol motifs (C(OH)–C–C–N with tert-alkyl or cyclic N) is 1. The van der Waals surface area contributed by atoms with Crippen LogP contribution in [0.5, 0.6) is 0 Å². The van der Waals surface area contributed by atoms with Gasteiger partial charge in [0.15, 0.2) is 0 Å². The van der Waals surface area contributed by atoms with Crippen LogP contribution >= 0.6 is 0 Å². The molecular formula is C15H21N7O2. The van der Waals surface area contributed by atoms with Crippen molar-refractivity contribution in [3.8, 4) is 0 Å². The first-order valence-corrected chi connectivity index (χ1v) is 7.71. The van der Waals surface area contributed by atoms with Gasteiger partial charge in [-0.3, -0.25) is 9.89 Å². The maximum Gasteiger partial charge on any atom is 0.269 e. The molecule has 0 radical (unpaired) electrons. The number of carbonyl (C=O) groups is 1. The molecule has 1 amide bonds. The molecule has 0 spiro atoms. The van der Waals surface area contributed by atoms with Crippen molar-refractivity contribution >= 4 is 17.5 Å². The summed E-state index contributed by atoms with van der Waals surface area (Å²) in [6.45, 7) is 1.24. The van der Waals surface area contributed by atoms with Crippen LogP contribution in [0.25, 0.3) is 0 Å². The number of aromatic nitrogens is 4. The molecule has 0 saturated carbocycles. The van der Waals surface area contributed by atoms with Crippen LogP contribution in [-0.4, -0.2) is 70.5 Å². The minimum Gasteiger partial charge on any atom is -0.386 e. The van der Waals surface area contributed by atoms with Crippen LogP contribution in [0.1, 0.15) is 16.9 Å². The minimum absolute atomic E-state index is 0.174. The van der Waals surface area contributed by atoms with Crippen LogP contribution in [0.15, 0.2) is 24.7 Å². The number of nitrogens with zero attached hydrogens (tertiary/aromatic N) is 5. The van der Waals surface area contributed by atoms with E-state index in [-0.39, 0.29) is 12.5 Å². The Morgan fingerprint density at radius 1 is 1.50 bits per heavy atom. The molecule has 0 bridgehead atoms. The van der Waals surface area contributed by atoms with E-state index in [1.165, 1.54) is 12.5 Å². The van der Waals surface area contributed by atoms with Gasteiger partial charge in [-0.1, -0.05) is 0 Å². The van der Waals surface area contributed by atoms with Crippen molar-refractivity contribution in [3.63, 3.8) is 0 Å². The fraction of sp³-hybridized carbons (Fsp3) is 0.467. The third kappa shape index (κ3) is 3.46. The third-order valence-electron chi connectivity index (χ3n) is 4.08. The van der Waals surface area contributed by atoms with Crippen LogP contribution in [0, 0.1) is 0 Å². The highest BCUT2D eigenvalue weighted by Crippen LogP contribution is 2.26. The molecule has 9 heteroatoms. The SMILES string of the molecule is CN(C)c1cc(N2CCC(O)(CNC(=O)c3ccn[nH]3)C2)ncn1. The maximum absolute atomic E-state index is 11.9. The lowest BCUT2D eigenvalue weighted by molar-refractivity contribution is 0.0574. The van der Waals surface area contributed by atoms with Crippen molar-refractivity contribution < 1.29 is 9.90 Å². The maximum atomic E-state index is 11.9. The summed E-state index contributed by atoms with van der Waals surface area (Å²) >= 11 is 0. The van der Waals surface area contributed by atoms with Crippen molar-refractivity contribution in [2.75, 3.05) is 43.5 Å². The Morgan fingerprint density at radius 2 is 2.33 bits per heavy atom. The standard InChI is InChI=1S/C15H21N7O2/c1-21(2)12-7-13(18-10-17-12)22-6-4-15(24,9-22)8-16-14(23)11-3-5-19-20-11/h3,5,7,10,24H,4,6,8-9H2,1-2H3,(H,16,23)(H,19,20). The quantitative estimate of drug-likeness (QED) is 0.686. The zero-order valence-corrected chi connectivity index (χ0v) is 13.7. The zero-order valence-electron chi connectivity index (χ0n) is 13.7. The molecule has 0 aliphatic carbocycles. The van der Waals surface area contributed by atoms with Gasteiger partial charge in [-0.2, -0.15) is 5.10 Å². The first kappa shape index (κ1) is 16.2. The molecular weight excluding hydrogens is 310 g/mol. The van der Waals surface area contributed by atoms with Gasteiger partial charge in [0.1, 0.15) is 29.3 Å². The van der Waals surface area contributed by atoms with Gasteiger partial charge in [0.2, 0.25) is 0 Å². The molecule has 1 aliphatic rings. The molecule has 24 heavy (non-hydrogen) atoms. The second-order valence-corrected chi connectivity index (χ2v) is 6.18. The van der Waals surface area contributed by atoms with Gasteiger partial charge in [-0.25, -0.2) is 9.97 Å². The lowest BCUT2D eigenvalue weighted by Crippen LogP contribution is -2.45. The Balaban J connectivity index is 1.61. The zero-order chi connectivity index (χ0) is 17.2. The van der Waals surface area contributed by atoms with Crippen LogP contribution < -0.4 is 15.1 Å². The van der Waals surface area contributed by atoms with Crippen LogP contribution in [0.4, 0.5) is 11.6 Å². The van der Waals surface area contributed by atoms with Crippen LogP contribution in [0.3, 0.4) is 0 Å². The van der Waals surface area contributed by atoms with Gasteiger partial charge < -0.3 is 20.2 Å². The van der Waals surface area contributed by atoms with Crippen molar-refractivity contribution in [2.24, 2.45) is 0 Å². The molecule has 1 unspecified atom stereocenters. The molecule has 3 N–H and O–H groups in total. The van der Waals surface area contributed by atoms with Gasteiger partial charge >= 0.3 is 0 Å². The number of aliphatic hydroxyl groups is 1. The molecule has 128 valence electrons. The van der Waals surface area contributed by atoms with Crippen molar-refractivity contribution in [2.45, 2.75) is 12.0 Å². The normalized spacial score (nSPS) is 20.2. The summed E-state index contributed by atoms with van der Waals surface area (Å²) in [6.07, 6.45) is 3.58. The van der Waals surface area contributed by atoms with Gasteiger partial charge in [0, 0.05) is 46.0 Å². The minimum atomic E-state index is -0.987. The average Bonchev–Trinajstić information content (AvgIpc) is 3.23. The molecule has 1 fully saturated rings. The average molecular weight is 331 g/mol. The van der Waals surface area contributed by atoms with E-state index in [1.807, 2.05) is 30.0 Å². The number of hydrogen-bond acceptors (Lipinski definition) is 7. The number of anilines is 2. The second-order valence-electron chi connectivity index (χ2n) is 6.18. The van der Waals surface area contributed by atoms with E-state index in [1.54, 1.807) is 6.07 Å². The summed E-state index contributed by atoms with van der Waals surface area (Å²) in [5, 5.41) is 19.8.